The Kier molecular flexibility index (Phi) is 6.79. The first kappa shape index (κ1) is 23.3. The molecule has 0 saturated carbocycles. The second kappa shape index (κ2) is 9.93. The molecule has 34 heavy (non-hydrogen) atoms. The van der Waals surface area contributed by atoms with Gasteiger partial charge in [0.15, 0.2) is 0 Å². The molecule has 1 N–H and O–H groups in total. The summed E-state index contributed by atoms with van der Waals surface area (Å²) >= 11 is 0. The third-order valence-electron chi connectivity index (χ3n) is 5.53. The number of rotatable bonds is 8. The fourth-order valence-electron chi connectivity index (χ4n) is 3.67. The van der Waals surface area contributed by atoms with Crippen LogP contribution in [-0.4, -0.2) is 30.4 Å². The number of nitrogens with one attached hydrogen (secondary N) is 1. The van der Waals surface area contributed by atoms with Gasteiger partial charge >= 0.3 is 0 Å². The molecule has 4 rings (SSSR count). The van der Waals surface area contributed by atoms with Crippen molar-refractivity contribution in [1.82, 2.24) is 14.9 Å². The number of hydrogen-bond acceptors (Lipinski definition) is 4. The van der Waals surface area contributed by atoms with E-state index in [2.05, 4.69) is 10.3 Å². The van der Waals surface area contributed by atoms with Gasteiger partial charge < -0.3 is 9.88 Å². The minimum absolute atomic E-state index is 0.139. The van der Waals surface area contributed by atoms with Crippen molar-refractivity contribution in [3.8, 4) is 5.69 Å². The number of benzene rings is 3. The lowest BCUT2D eigenvalue weighted by atomic mass is 10.1. The SMILES string of the molecule is Cc1ccc(S(=O)(=O)N(CC(=O)NCc2ccccc2-n2ccnc2)c2ccccc2C)cc1. The van der Waals surface area contributed by atoms with Crippen molar-refractivity contribution in [2.24, 2.45) is 0 Å². The van der Waals surface area contributed by atoms with Crippen molar-refractivity contribution in [2.45, 2.75) is 25.3 Å². The summed E-state index contributed by atoms with van der Waals surface area (Å²) in [6.07, 6.45) is 5.20. The van der Waals surface area contributed by atoms with Crippen LogP contribution in [0.15, 0.2) is 96.4 Å². The van der Waals surface area contributed by atoms with E-state index in [4.69, 9.17) is 0 Å². The Bertz CT molecular complexity index is 1380. The molecular weight excluding hydrogens is 448 g/mol. The molecule has 0 atom stereocenters. The molecule has 0 unspecified atom stereocenters. The van der Waals surface area contributed by atoms with Gasteiger partial charge in [0, 0.05) is 18.9 Å². The second-order valence-electron chi connectivity index (χ2n) is 7.99. The Morgan fingerprint density at radius 2 is 1.68 bits per heavy atom. The lowest BCUT2D eigenvalue weighted by molar-refractivity contribution is -0.119. The monoisotopic (exact) mass is 474 g/mol. The maximum atomic E-state index is 13.6. The molecule has 0 aliphatic rings. The van der Waals surface area contributed by atoms with Gasteiger partial charge in [-0.2, -0.15) is 0 Å². The highest BCUT2D eigenvalue weighted by molar-refractivity contribution is 7.92. The maximum Gasteiger partial charge on any atom is 0.264 e. The van der Waals surface area contributed by atoms with E-state index >= 15 is 0 Å². The number of nitrogens with zero attached hydrogens (tertiary/aromatic N) is 3. The van der Waals surface area contributed by atoms with E-state index in [9.17, 15) is 13.2 Å². The standard InChI is InChI=1S/C26H26N4O3S/c1-20-11-13-23(14-12-20)34(32,33)30(24-9-5-3-7-21(24)2)18-26(31)28-17-22-8-4-6-10-25(22)29-16-15-27-19-29/h3-16,19H,17-18H2,1-2H3,(H,28,31). The lowest BCUT2D eigenvalue weighted by Gasteiger charge is -2.25. The Morgan fingerprint density at radius 3 is 2.38 bits per heavy atom. The second-order valence-corrected chi connectivity index (χ2v) is 9.85. The number of imidazole rings is 1. The number of aryl methyl sites for hydroxylation is 2. The first-order valence-corrected chi connectivity index (χ1v) is 12.3. The molecule has 3 aromatic carbocycles. The van der Waals surface area contributed by atoms with Crippen LogP contribution in [0.1, 0.15) is 16.7 Å². The summed E-state index contributed by atoms with van der Waals surface area (Å²) in [5, 5.41) is 2.87. The molecule has 0 saturated heterocycles. The van der Waals surface area contributed by atoms with E-state index in [0.29, 0.717) is 5.69 Å². The van der Waals surface area contributed by atoms with Gasteiger partial charge in [-0.25, -0.2) is 13.4 Å². The number of anilines is 1. The number of carbonyl (C=O) groups excluding carboxylic acids is 1. The molecule has 0 aliphatic heterocycles. The average Bonchev–Trinajstić information content (AvgIpc) is 3.37. The fourth-order valence-corrected chi connectivity index (χ4v) is 5.16. The zero-order valence-corrected chi connectivity index (χ0v) is 19.9. The third-order valence-corrected chi connectivity index (χ3v) is 7.30. The summed E-state index contributed by atoms with van der Waals surface area (Å²) in [7, 11) is -3.95. The van der Waals surface area contributed by atoms with Crippen LogP contribution in [0, 0.1) is 13.8 Å². The van der Waals surface area contributed by atoms with Crippen molar-refractivity contribution in [2.75, 3.05) is 10.8 Å². The number of hydrogen-bond donors (Lipinski definition) is 1. The largest absolute Gasteiger partial charge is 0.350 e. The number of sulfonamides is 1. The van der Waals surface area contributed by atoms with Crippen LogP contribution in [0.4, 0.5) is 5.69 Å². The van der Waals surface area contributed by atoms with Gasteiger partial charge in [-0.3, -0.25) is 9.10 Å². The molecular formula is C26H26N4O3S. The van der Waals surface area contributed by atoms with Gasteiger partial charge in [-0.15, -0.1) is 0 Å². The molecule has 1 aromatic heterocycles. The smallest absolute Gasteiger partial charge is 0.264 e. The molecule has 174 valence electrons. The molecule has 0 aliphatic carbocycles. The number of carbonyl (C=O) groups is 1. The van der Waals surface area contributed by atoms with E-state index in [1.807, 2.05) is 61.0 Å². The van der Waals surface area contributed by atoms with Crippen molar-refractivity contribution >= 4 is 21.6 Å². The minimum Gasteiger partial charge on any atom is -0.350 e. The van der Waals surface area contributed by atoms with Crippen LogP contribution < -0.4 is 9.62 Å². The Hall–Kier alpha value is -3.91. The van der Waals surface area contributed by atoms with Gasteiger partial charge in [0.25, 0.3) is 10.0 Å². The predicted molar refractivity (Wildman–Crippen MR) is 132 cm³/mol. The number of aromatic nitrogens is 2. The highest BCUT2D eigenvalue weighted by atomic mass is 32.2. The van der Waals surface area contributed by atoms with E-state index < -0.39 is 15.9 Å². The molecule has 0 bridgehead atoms. The summed E-state index contributed by atoms with van der Waals surface area (Å²) in [5.74, 6) is -0.403. The molecule has 8 heteroatoms. The molecule has 1 amide bonds. The summed E-state index contributed by atoms with van der Waals surface area (Å²) in [6.45, 7) is 3.63. The molecule has 4 aromatic rings. The quantitative estimate of drug-likeness (QED) is 0.418. The van der Waals surface area contributed by atoms with Crippen LogP contribution in [0.2, 0.25) is 0 Å². The van der Waals surface area contributed by atoms with Crippen LogP contribution >= 0.6 is 0 Å². The zero-order chi connectivity index (χ0) is 24.1. The minimum atomic E-state index is -3.95. The van der Waals surface area contributed by atoms with Crippen molar-refractivity contribution < 1.29 is 13.2 Å². The third kappa shape index (κ3) is 5.02. The number of para-hydroxylation sites is 2. The van der Waals surface area contributed by atoms with E-state index in [-0.39, 0.29) is 18.0 Å². The molecule has 0 fully saturated rings. The number of amides is 1. The molecule has 0 radical (unpaired) electrons. The van der Waals surface area contributed by atoms with Gasteiger partial charge in [0.05, 0.1) is 22.6 Å². The van der Waals surface area contributed by atoms with Crippen LogP contribution in [0.25, 0.3) is 5.69 Å². The summed E-state index contributed by atoms with van der Waals surface area (Å²) in [4.78, 5) is 17.2. The molecule has 1 heterocycles. The Balaban J connectivity index is 1.59. The first-order chi connectivity index (χ1) is 16.4. The van der Waals surface area contributed by atoms with Gasteiger partial charge in [0.1, 0.15) is 6.54 Å². The van der Waals surface area contributed by atoms with E-state index in [0.717, 1.165) is 22.4 Å². The fraction of sp³-hybridized carbons (Fsp3) is 0.154. The average molecular weight is 475 g/mol. The Morgan fingerprint density at radius 1 is 0.971 bits per heavy atom. The molecule has 7 nitrogen and oxygen atoms in total. The van der Waals surface area contributed by atoms with Gasteiger partial charge in [-0.1, -0.05) is 54.1 Å². The summed E-state index contributed by atoms with van der Waals surface area (Å²) in [5.41, 5.74) is 3.96. The van der Waals surface area contributed by atoms with Crippen LogP contribution in [-0.2, 0) is 21.4 Å². The van der Waals surface area contributed by atoms with Crippen molar-refractivity contribution in [3.05, 3.63) is 108 Å². The zero-order valence-electron chi connectivity index (χ0n) is 19.0. The first-order valence-electron chi connectivity index (χ1n) is 10.8. The maximum absolute atomic E-state index is 13.6. The predicted octanol–water partition coefficient (Wildman–Crippen LogP) is 4.00. The lowest BCUT2D eigenvalue weighted by Crippen LogP contribution is -2.41. The van der Waals surface area contributed by atoms with Crippen molar-refractivity contribution in [3.63, 3.8) is 0 Å². The van der Waals surface area contributed by atoms with E-state index in [1.54, 1.807) is 48.9 Å². The summed E-state index contributed by atoms with van der Waals surface area (Å²) < 4.78 is 30.1. The van der Waals surface area contributed by atoms with Gasteiger partial charge in [0.2, 0.25) is 5.91 Å². The topological polar surface area (TPSA) is 84.3 Å². The highest BCUT2D eigenvalue weighted by Gasteiger charge is 2.28. The van der Waals surface area contributed by atoms with Crippen LogP contribution in [0.3, 0.4) is 0 Å². The highest BCUT2D eigenvalue weighted by Crippen LogP contribution is 2.26. The molecule has 0 spiro atoms. The van der Waals surface area contributed by atoms with Crippen molar-refractivity contribution in [1.29, 1.82) is 0 Å². The Labute approximate surface area is 199 Å². The summed E-state index contributed by atoms with van der Waals surface area (Å²) in [6, 6.07) is 21.4. The normalized spacial score (nSPS) is 11.2. The van der Waals surface area contributed by atoms with Gasteiger partial charge in [-0.05, 0) is 49.2 Å². The van der Waals surface area contributed by atoms with E-state index in [1.165, 1.54) is 4.31 Å². The van der Waals surface area contributed by atoms with Crippen LogP contribution in [0.5, 0.6) is 0 Å².